The molecule has 0 unspecified atom stereocenters. The number of nitrogens with one attached hydrogen (secondary N) is 2. The summed E-state index contributed by atoms with van der Waals surface area (Å²) in [7, 11) is -3.93. The summed E-state index contributed by atoms with van der Waals surface area (Å²) in [6, 6.07) is 8.97. The van der Waals surface area contributed by atoms with Gasteiger partial charge in [0.1, 0.15) is 0 Å². The minimum absolute atomic E-state index is 0.0900. The van der Waals surface area contributed by atoms with Crippen molar-refractivity contribution in [2.75, 3.05) is 26.2 Å². The van der Waals surface area contributed by atoms with Gasteiger partial charge in [-0.05, 0) is 56.0 Å². The average Bonchev–Trinajstić information content (AvgIpc) is 3.36. The number of benzene rings is 2. The maximum atomic E-state index is 13.7. The third-order valence-corrected chi connectivity index (χ3v) is 9.62. The molecule has 2 aliphatic rings. The molecule has 9 nitrogen and oxygen atoms in total. The van der Waals surface area contributed by atoms with Gasteiger partial charge in [0, 0.05) is 48.9 Å². The first-order chi connectivity index (χ1) is 20.4. The van der Waals surface area contributed by atoms with E-state index in [1.807, 2.05) is 0 Å². The number of hydrogen-bond acceptors (Lipinski definition) is 5. The monoisotopic (exact) mass is 658 g/mol. The second kappa shape index (κ2) is 13.1. The van der Waals surface area contributed by atoms with Gasteiger partial charge in [-0.3, -0.25) is 10.2 Å². The minimum Gasteiger partial charge on any atom is -0.283 e. The molecule has 0 radical (unpaired) electrons. The van der Waals surface area contributed by atoms with Crippen molar-refractivity contribution in [1.29, 1.82) is 0 Å². The molecule has 5 rings (SSSR count). The number of hydrazine groups is 1. The first-order valence-corrected chi connectivity index (χ1v) is 16.2. The van der Waals surface area contributed by atoms with Crippen LogP contribution in [0.3, 0.4) is 0 Å². The summed E-state index contributed by atoms with van der Waals surface area (Å²) in [6.07, 6.45) is 0.660. The van der Waals surface area contributed by atoms with Crippen molar-refractivity contribution in [1.82, 2.24) is 29.2 Å². The van der Waals surface area contributed by atoms with Gasteiger partial charge in [-0.25, -0.2) is 9.69 Å². The molecule has 3 aromatic rings. The van der Waals surface area contributed by atoms with Gasteiger partial charge in [0.15, 0.2) is 5.69 Å². The summed E-state index contributed by atoms with van der Waals surface area (Å²) in [5.41, 5.74) is 2.88. The third kappa shape index (κ3) is 7.35. The highest BCUT2D eigenvalue weighted by Gasteiger charge is 2.32. The minimum atomic E-state index is -4.56. The molecule has 15 heteroatoms. The van der Waals surface area contributed by atoms with Crippen molar-refractivity contribution in [3.8, 4) is 16.9 Å². The molecule has 0 bridgehead atoms. The lowest BCUT2D eigenvalue weighted by atomic mass is 10.0. The Balaban J connectivity index is 1.64. The van der Waals surface area contributed by atoms with Crippen molar-refractivity contribution in [2.45, 2.75) is 51.2 Å². The van der Waals surface area contributed by atoms with Crippen molar-refractivity contribution in [2.24, 2.45) is 0 Å². The predicted octanol–water partition coefficient (Wildman–Crippen LogP) is 5.82. The highest BCUT2D eigenvalue weighted by molar-refractivity contribution is 7.87. The van der Waals surface area contributed by atoms with E-state index in [9.17, 15) is 26.4 Å². The highest BCUT2D eigenvalue weighted by atomic mass is 35.5. The number of amides is 1. The summed E-state index contributed by atoms with van der Waals surface area (Å²) in [5, 5.41) is 6.87. The molecule has 2 aliphatic heterocycles. The van der Waals surface area contributed by atoms with Crippen LogP contribution in [-0.4, -0.2) is 59.6 Å². The van der Waals surface area contributed by atoms with Crippen LogP contribution in [0, 0.1) is 0 Å². The Morgan fingerprint density at radius 1 is 0.907 bits per heavy atom. The van der Waals surface area contributed by atoms with E-state index < -0.39 is 27.9 Å². The molecule has 43 heavy (non-hydrogen) atoms. The molecular formula is C28H31Cl2F3N6O3S. The van der Waals surface area contributed by atoms with Crippen LogP contribution < -0.4 is 10.1 Å². The number of alkyl halides is 3. The summed E-state index contributed by atoms with van der Waals surface area (Å²) >= 11 is 12.7. The number of piperidine rings is 2. The Bertz CT molecular complexity index is 1570. The molecule has 2 saturated heterocycles. The standard InChI is InChI=1S/C28H31Cl2F3N6O3S/c29-21-11-12-24(23(30)17-21)39-26(19-7-9-20(10-8-19)28(31,32)33)22(18-34-43(41,42)38-15-5-2-6-16-38)25(35-39)27(40)36-37-13-3-1-4-14-37/h7-12,17,34H,1-6,13-16,18H2,(H,36,40). The molecular weight excluding hydrogens is 628 g/mol. The Morgan fingerprint density at radius 3 is 2.14 bits per heavy atom. The van der Waals surface area contributed by atoms with Gasteiger partial charge in [-0.2, -0.15) is 35.7 Å². The van der Waals surface area contributed by atoms with Gasteiger partial charge in [0.2, 0.25) is 0 Å². The Hall–Kier alpha value is -2.68. The normalized spacial score (nSPS) is 17.2. The molecule has 1 aromatic heterocycles. The van der Waals surface area contributed by atoms with E-state index >= 15 is 0 Å². The van der Waals surface area contributed by atoms with Gasteiger partial charge in [0.25, 0.3) is 16.1 Å². The first kappa shape index (κ1) is 31.7. The molecule has 0 atom stereocenters. The molecule has 0 saturated carbocycles. The fraction of sp³-hybridized carbons (Fsp3) is 0.429. The van der Waals surface area contributed by atoms with Crippen molar-refractivity contribution in [3.05, 3.63) is 69.3 Å². The lowest BCUT2D eigenvalue weighted by Gasteiger charge is -2.27. The molecule has 0 aliphatic carbocycles. The largest absolute Gasteiger partial charge is 0.416 e. The second-order valence-electron chi connectivity index (χ2n) is 10.5. The molecule has 0 spiro atoms. The zero-order valence-electron chi connectivity index (χ0n) is 23.1. The quantitative estimate of drug-likeness (QED) is 0.318. The molecule has 3 heterocycles. The van der Waals surface area contributed by atoms with Crippen LogP contribution in [0.15, 0.2) is 42.5 Å². The summed E-state index contributed by atoms with van der Waals surface area (Å²) in [6.45, 7) is 1.66. The van der Waals surface area contributed by atoms with E-state index in [0.717, 1.165) is 50.7 Å². The van der Waals surface area contributed by atoms with Gasteiger partial charge in [0.05, 0.1) is 22.0 Å². The predicted molar refractivity (Wildman–Crippen MR) is 158 cm³/mol. The number of nitrogens with zero attached hydrogens (tertiary/aromatic N) is 4. The molecule has 2 aromatic carbocycles. The zero-order valence-corrected chi connectivity index (χ0v) is 25.5. The molecule has 2 fully saturated rings. The average molecular weight is 660 g/mol. The third-order valence-electron chi connectivity index (χ3n) is 7.52. The molecule has 232 valence electrons. The lowest BCUT2D eigenvalue weighted by molar-refractivity contribution is -0.137. The van der Waals surface area contributed by atoms with Crippen LogP contribution in [0.4, 0.5) is 13.2 Å². The van der Waals surface area contributed by atoms with E-state index in [0.29, 0.717) is 36.9 Å². The topological polar surface area (TPSA) is 99.6 Å². The van der Waals surface area contributed by atoms with Crippen LogP contribution in [0.5, 0.6) is 0 Å². The van der Waals surface area contributed by atoms with Crippen molar-refractivity contribution < 1.29 is 26.4 Å². The Labute approximate surface area is 258 Å². The van der Waals surface area contributed by atoms with Crippen molar-refractivity contribution in [3.63, 3.8) is 0 Å². The number of rotatable bonds is 8. The zero-order chi connectivity index (χ0) is 30.8. The van der Waals surface area contributed by atoms with Crippen LogP contribution in [-0.2, 0) is 22.9 Å². The maximum Gasteiger partial charge on any atom is 0.416 e. The first-order valence-electron chi connectivity index (χ1n) is 14.0. The van der Waals surface area contributed by atoms with E-state index in [-0.39, 0.29) is 34.1 Å². The second-order valence-corrected chi connectivity index (χ2v) is 13.1. The van der Waals surface area contributed by atoms with Crippen molar-refractivity contribution >= 4 is 39.3 Å². The van der Waals surface area contributed by atoms with E-state index in [1.165, 1.54) is 27.2 Å². The van der Waals surface area contributed by atoms with E-state index in [2.05, 4.69) is 15.2 Å². The SMILES string of the molecule is O=C(NN1CCCCC1)c1nn(-c2ccc(Cl)cc2Cl)c(-c2ccc(C(F)(F)F)cc2)c1CNS(=O)(=O)N1CCCCC1. The van der Waals surface area contributed by atoms with Crippen LogP contribution in [0.2, 0.25) is 10.0 Å². The number of aromatic nitrogens is 2. The summed E-state index contributed by atoms with van der Waals surface area (Å²) in [4.78, 5) is 13.7. The van der Waals surface area contributed by atoms with Gasteiger partial charge in [-0.15, -0.1) is 0 Å². The number of hydrogen-bond donors (Lipinski definition) is 2. The van der Waals surface area contributed by atoms with Gasteiger partial charge < -0.3 is 0 Å². The number of carbonyl (C=O) groups excluding carboxylic acids is 1. The molecule has 2 N–H and O–H groups in total. The highest BCUT2D eigenvalue weighted by Crippen LogP contribution is 2.36. The Kier molecular flexibility index (Phi) is 9.69. The lowest BCUT2D eigenvalue weighted by Crippen LogP contribution is -2.46. The van der Waals surface area contributed by atoms with Gasteiger partial charge in [-0.1, -0.05) is 48.2 Å². The van der Waals surface area contributed by atoms with Crippen LogP contribution >= 0.6 is 23.2 Å². The fourth-order valence-corrected chi connectivity index (χ4v) is 7.04. The summed E-state index contributed by atoms with van der Waals surface area (Å²) < 4.78 is 72.0. The summed E-state index contributed by atoms with van der Waals surface area (Å²) in [5.74, 6) is -0.578. The van der Waals surface area contributed by atoms with E-state index in [1.54, 1.807) is 17.1 Å². The van der Waals surface area contributed by atoms with Crippen LogP contribution in [0.1, 0.15) is 60.1 Å². The Morgan fingerprint density at radius 2 is 1.53 bits per heavy atom. The number of carbonyl (C=O) groups is 1. The maximum absolute atomic E-state index is 13.7. The molecule has 1 amide bonds. The fourth-order valence-electron chi connectivity index (χ4n) is 5.30. The smallest absolute Gasteiger partial charge is 0.283 e. The van der Waals surface area contributed by atoms with E-state index in [4.69, 9.17) is 23.2 Å². The number of halogens is 5. The van der Waals surface area contributed by atoms with Gasteiger partial charge >= 0.3 is 6.18 Å². The van der Waals surface area contributed by atoms with Crippen LogP contribution in [0.25, 0.3) is 16.9 Å².